The minimum absolute atomic E-state index is 0.0428. The van der Waals surface area contributed by atoms with Crippen LogP contribution in [-0.2, 0) is 11.8 Å². The molecular weight excluding hydrogens is 240 g/mol. The van der Waals surface area contributed by atoms with Crippen LogP contribution in [-0.4, -0.2) is 54.8 Å². The summed E-state index contributed by atoms with van der Waals surface area (Å²) in [5.41, 5.74) is 0. The lowest BCUT2D eigenvalue weighted by molar-refractivity contribution is -0.138. The van der Waals surface area contributed by atoms with Crippen molar-refractivity contribution in [2.45, 2.75) is 26.3 Å². The molecule has 1 atom stereocenters. The molecule has 1 rings (SSSR count). The monoisotopic (exact) mass is 256 g/mol. The number of aliphatic carboxylic acids is 1. The van der Waals surface area contributed by atoms with Crippen LogP contribution in [0.25, 0.3) is 0 Å². The van der Waals surface area contributed by atoms with Crippen LogP contribution in [0.1, 0.15) is 20.3 Å². The molecule has 18 heavy (non-hydrogen) atoms. The number of carbonyl (C=O) groups excluding carboxylic acids is 1. The number of amides is 2. The lowest BCUT2D eigenvalue weighted by atomic mass is 10.2. The van der Waals surface area contributed by atoms with Gasteiger partial charge in [-0.15, -0.1) is 5.10 Å². The van der Waals surface area contributed by atoms with Crippen molar-refractivity contribution in [1.29, 1.82) is 0 Å². The van der Waals surface area contributed by atoms with Crippen LogP contribution < -0.4 is 5.32 Å². The maximum Gasteiger partial charge on any atom is 0.325 e. The third-order valence-electron chi connectivity index (χ3n) is 2.42. The van der Waals surface area contributed by atoms with E-state index in [1.54, 1.807) is 14.0 Å². The molecule has 9 heteroatoms. The highest BCUT2D eigenvalue weighted by molar-refractivity contribution is 5.89. The number of carboxylic acids is 1. The standard InChI is InChI=1S/C9H16N6O3/c1-4-6(2)15(5-7(16)17)9(18)10-8-11-13-14(3)12-8/h6H,4-5H2,1-3H3,(H,16,17)(H,10,12,18). The molecule has 2 N–H and O–H groups in total. The first kappa shape index (κ1) is 13.9. The van der Waals surface area contributed by atoms with Crippen molar-refractivity contribution < 1.29 is 14.7 Å². The van der Waals surface area contributed by atoms with Crippen LogP contribution in [0.15, 0.2) is 0 Å². The van der Waals surface area contributed by atoms with Crippen molar-refractivity contribution in [3.63, 3.8) is 0 Å². The van der Waals surface area contributed by atoms with E-state index in [-0.39, 0.29) is 18.5 Å². The number of urea groups is 1. The zero-order valence-electron chi connectivity index (χ0n) is 10.5. The second-order valence-corrected chi connectivity index (χ2v) is 3.81. The lowest BCUT2D eigenvalue weighted by Crippen LogP contribution is -2.44. The normalized spacial score (nSPS) is 11.9. The van der Waals surface area contributed by atoms with Gasteiger partial charge in [-0.1, -0.05) is 12.0 Å². The van der Waals surface area contributed by atoms with Gasteiger partial charge < -0.3 is 10.0 Å². The Labute approximate surface area is 104 Å². The predicted molar refractivity (Wildman–Crippen MR) is 61.9 cm³/mol. The fourth-order valence-corrected chi connectivity index (χ4v) is 1.30. The molecule has 2 amide bonds. The van der Waals surface area contributed by atoms with E-state index >= 15 is 0 Å². The summed E-state index contributed by atoms with van der Waals surface area (Å²) >= 11 is 0. The molecule has 1 unspecified atom stereocenters. The summed E-state index contributed by atoms with van der Waals surface area (Å²) in [4.78, 5) is 25.0. The first-order chi connectivity index (χ1) is 8.43. The Kier molecular flexibility index (Phi) is 4.58. The van der Waals surface area contributed by atoms with Crippen molar-refractivity contribution in [2.24, 2.45) is 7.05 Å². The Bertz CT molecular complexity index is 432. The van der Waals surface area contributed by atoms with E-state index < -0.39 is 12.0 Å². The molecular formula is C9H16N6O3. The number of tetrazole rings is 1. The van der Waals surface area contributed by atoms with Crippen LogP contribution in [0.5, 0.6) is 0 Å². The van der Waals surface area contributed by atoms with Crippen molar-refractivity contribution >= 4 is 17.9 Å². The summed E-state index contributed by atoms with van der Waals surface area (Å²) in [6.07, 6.45) is 0.647. The summed E-state index contributed by atoms with van der Waals surface area (Å²) in [6.45, 7) is 3.26. The highest BCUT2D eigenvalue weighted by atomic mass is 16.4. The molecule has 1 heterocycles. The molecule has 1 aromatic rings. The maximum atomic E-state index is 11.9. The van der Waals surface area contributed by atoms with Crippen LogP contribution >= 0.6 is 0 Å². The Morgan fingerprint density at radius 1 is 1.56 bits per heavy atom. The number of anilines is 1. The number of hydrogen-bond acceptors (Lipinski definition) is 5. The minimum atomic E-state index is -1.07. The number of aryl methyl sites for hydroxylation is 1. The molecule has 100 valence electrons. The molecule has 0 saturated carbocycles. The van der Waals surface area contributed by atoms with Crippen molar-refractivity contribution in [2.75, 3.05) is 11.9 Å². The van der Waals surface area contributed by atoms with Gasteiger partial charge in [0.1, 0.15) is 6.54 Å². The van der Waals surface area contributed by atoms with Gasteiger partial charge in [0.2, 0.25) is 0 Å². The lowest BCUT2D eigenvalue weighted by Gasteiger charge is -2.26. The topological polar surface area (TPSA) is 113 Å². The first-order valence-electron chi connectivity index (χ1n) is 5.47. The molecule has 0 aliphatic heterocycles. The van der Waals surface area contributed by atoms with E-state index in [2.05, 4.69) is 20.7 Å². The highest BCUT2D eigenvalue weighted by Gasteiger charge is 2.22. The molecule has 0 aliphatic rings. The fraction of sp³-hybridized carbons (Fsp3) is 0.667. The van der Waals surface area contributed by atoms with Gasteiger partial charge in [-0.25, -0.2) is 4.79 Å². The molecule has 0 aromatic carbocycles. The van der Waals surface area contributed by atoms with Gasteiger partial charge in [0, 0.05) is 6.04 Å². The predicted octanol–water partition coefficient (Wildman–Crippen LogP) is -0.0729. The van der Waals surface area contributed by atoms with Crippen LogP contribution in [0.4, 0.5) is 10.7 Å². The van der Waals surface area contributed by atoms with Gasteiger partial charge in [0.05, 0.1) is 7.05 Å². The van der Waals surface area contributed by atoms with E-state index in [0.717, 1.165) is 0 Å². The van der Waals surface area contributed by atoms with E-state index in [1.807, 2.05) is 6.92 Å². The Hall–Kier alpha value is -2.19. The average Bonchev–Trinajstić information content (AvgIpc) is 2.70. The Morgan fingerprint density at radius 2 is 2.22 bits per heavy atom. The zero-order chi connectivity index (χ0) is 13.7. The summed E-state index contributed by atoms with van der Waals surface area (Å²) in [7, 11) is 1.56. The smallest absolute Gasteiger partial charge is 0.325 e. The number of carboxylic acid groups (broad SMARTS) is 1. The van der Waals surface area contributed by atoms with E-state index in [9.17, 15) is 9.59 Å². The summed E-state index contributed by atoms with van der Waals surface area (Å²) in [5, 5.41) is 22.1. The third kappa shape index (κ3) is 3.68. The van der Waals surface area contributed by atoms with Gasteiger partial charge in [0.15, 0.2) is 0 Å². The zero-order valence-corrected chi connectivity index (χ0v) is 10.5. The molecule has 0 saturated heterocycles. The minimum Gasteiger partial charge on any atom is -0.480 e. The highest BCUT2D eigenvalue weighted by Crippen LogP contribution is 2.06. The quantitative estimate of drug-likeness (QED) is 0.762. The molecule has 9 nitrogen and oxygen atoms in total. The largest absolute Gasteiger partial charge is 0.480 e. The van der Waals surface area contributed by atoms with E-state index in [4.69, 9.17) is 5.11 Å². The molecule has 0 spiro atoms. The Morgan fingerprint density at radius 3 is 2.67 bits per heavy atom. The Balaban J connectivity index is 2.72. The summed E-state index contributed by atoms with van der Waals surface area (Å²) < 4.78 is 0. The van der Waals surface area contributed by atoms with E-state index in [1.165, 1.54) is 9.70 Å². The number of hydrogen-bond donors (Lipinski definition) is 2. The molecule has 0 fully saturated rings. The van der Waals surface area contributed by atoms with E-state index in [0.29, 0.717) is 6.42 Å². The average molecular weight is 256 g/mol. The van der Waals surface area contributed by atoms with Crippen molar-refractivity contribution in [1.82, 2.24) is 25.1 Å². The second kappa shape index (κ2) is 5.94. The summed E-state index contributed by atoms with van der Waals surface area (Å²) in [6, 6.07) is -0.752. The van der Waals surface area contributed by atoms with Crippen molar-refractivity contribution in [3.05, 3.63) is 0 Å². The van der Waals surface area contributed by atoms with Crippen LogP contribution in [0.2, 0.25) is 0 Å². The number of nitrogens with one attached hydrogen (secondary N) is 1. The number of aromatic nitrogens is 4. The maximum absolute atomic E-state index is 11.9. The third-order valence-corrected chi connectivity index (χ3v) is 2.42. The number of carbonyl (C=O) groups is 2. The number of nitrogens with zero attached hydrogens (tertiary/aromatic N) is 5. The van der Waals surface area contributed by atoms with Crippen LogP contribution in [0.3, 0.4) is 0 Å². The van der Waals surface area contributed by atoms with Gasteiger partial charge in [-0.3, -0.25) is 10.1 Å². The van der Waals surface area contributed by atoms with Gasteiger partial charge in [-0.05, 0) is 18.6 Å². The van der Waals surface area contributed by atoms with Gasteiger partial charge in [-0.2, -0.15) is 4.80 Å². The van der Waals surface area contributed by atoms with Crippen LogP contribution in [0, 0.1) is 0 Å². The fourth-order valence-electron chi connectivity index (χ4n) is 1.30. The first-order valence-corrected chi connectivity index (χ1v) is 5.47. The number of rotatable bonds is 5. The second-order valence-electron chi connectivity index (χ2n) is 3.81. The molecule has 0 aliphatic carbocycles. The van der Waals surface area contributed by atoms with Crippen molar-refractivity contribution in [3.8, 4) is 0 Å². The van der Waals surface area contributed by atoms with Gasteiger partial charge >= 0.3 is 12.0 Å². The molecule has 0 bridgehead atoms. The summed E-state index contributed by atoms with van der Waals surface area (Å²) in [5.74, 6) is -1.03. The molecule has 1 aromatic heterocycles. The molecule has 0 radical (unpaired) electrons. The SMILES string of the molecule is CCC(C)N(CC(=O)O)C(=O)Nc1nnn(C)n1. The van der Waals surface area contributed by atoms with Gasteiger partial charge in [0.25, 0.3) is 5.95 Å².